The number of nitrogens with zero attached hydrogens (tertiary/aromatic N) is 2. The number of nitro benzene ring substituents is 1. The van der Waals surface area contributed by atoms with Gasteiger partial charge in [-0.2, -0.15) is 0 Å². The van der Waals surface area contributed by atoms with Gasteiger partial charge in [0.1, 0.15) is 0 Å². The summed E-state index contributed by atoms with van der Waals surface area (Å²) in [7, 11) is 0. The Hall–Kier alpha value is -3.35. The van der Waals surface area contributed by atoms with Gasteiger partial charge in [-0.25, -0.2) is 0 Å². The summed E-state index contributed by atoms with van der Waals surface area (Å²) < 4.78 is 11.3. The first-order valence-corrected chi connectivity index (χ1v) is 7.90. The number of ether oxygens (including phenoxy) is 2. The zero-order valence-electron chi connectivity index (χ0n) is 13.3. The van der Waals surface area contributed by atoms with Crippen molar-refractivity contribution in [2.75, 3.05) is 18.5 Å². The highest BCUT2D eigenvalue weighted by Crippen LogP contribution is 2.36. The van der Waals surface area contributed by atoms with Crippen molar-refractivity contribution in [3.05, 3.63) is 58.9 Å². The van der Waals surface area contributed by atoms with E-state index in [2.05, 4.69) is 10.3 Å². The molecule has 1 aliphatic rings. The fourth-order valence-corrected chi connectivity index (χ4v) is 2.84. The van der Waals surface area contributed by atoms with E-state index in [-0.39, 0.29) is 5.69 Å². The van der Waals surface area contributed by atoms with E-state index in [9.17, 15) is 10.1 Å². The van der Waals surface area contributed by atoms with Crippen molar-refractivity contribution in [1.82, 2.24) is 4.98 Å². The first kappa shape index (κ1) is 15.2. The first-order valence-electron chi connectivity index (χ1n) is 7.90. The van der Waals surface area contributed by atoms with Crippen LogP contribution in [0.5, 0.6) is 11.5 Å². The molecular weight excluding hydrogens is 322 g/mol. The van der Waals surface area contributed by atoms with Gasteiger partial charge in [-0.3, -0.25) is 15.1 Å². The number of anilines is 2. The second kappa shape index (κ2) is 6.27. The third-order valence-corrected chi connectivity index (χ3v) is 4.02. The number of nitro groups is 1. The van der Waals surface area contributed by atoms with Crippen molar-refractivity contribution < 1.29 is 14.4 Å². The van der Waals surface area contributed by atoms with Gasteiger partial charge in [0.25, 0.3) is 5.69 Å². The van der Waals surface area contributed by atoms with Crippen molar-refractivity contribution in [3.63, 3.8) is 0 Å². The Balaban J connectivity index is 1.73. The van der Waals surface area contributed by atoms with Crippen LogP contribution in [0.15, 0.2) is 48.8 Å². The molecule has 7 heteroatoms. The third kappa shape index (κ3) is 2.91. The zero-order valence-corrected chi connectivity index (χ0v) is 13.3. The van der Waals surface area contributed by atoms with Crippen molar-refractivity contribution in [1.29, 1.82) is 0 Å². The largest absolute Gasteiger partial charge is 0.490 e. The Morgan fingerprint density at radius 3 is 2.72 bits per heavy atom. The molecule has 126 valence electrons. The molecule has 7 nitrogen and oxygen atoms in total. The van der Waals surface area contributed by atoms with E-state index in [0.717, 1.165) is 28.9 Å². The highest BCUT2D eigenvalue weighted by molar-refractivity contribution is 6.00. The molecule has 2 heterocycles. The number of rotatable bonds is 3. The molecule has 0 amide bonds. The SMILES string of the molecule is O=[N+]([O-])c1ccc(Nc2ccc3c(c2)OCCCO3)c2ccncc12. The molecule has 2 aromatic carbocycles. The Labute approximate surface area is 143 Å². The number of non-ortho nitro benzene ring substituents is 1. The van der Waals surface area contributed by atoms with Crippen molar-refractivity contribution in [2.24, 2.45) is 0 Å². The van der Waals surface area contributed by atoms with Gasteiger partial charge >= 0.3 is 0 Å². The second-order valence-corrected chi connectivity index (χ2v) is 5.65. The summed E-state index contributed by atoms with van der Waals surface area (Å²) in [5.41, 5.74) is 1.61. The van der Waals surface area contributed by atoms with Crippen molar-refractivity contribution in [2.45, 2.75) is 6.42 Å². The molecule has 25 heavy (non-hydrogen) atoms. The monoisotopic (exact) mass is 337 g/mol. The van der Waals surface area contributed by atoms with Crippen LogP contribution in [0.1, 0.15) is 6.42 Å². The smallest absolute Gasteiger partial charge is 0.278 e. The van der Waals surface area contributed by atoms with Crippen LogP contribution in [0.25, 0.3) is 10.8 Å². The maximum atomic E-state index is 11.2. The predicted octanol–water partition coefficient (Wildman–Crippen LogP) is 4.05. The quantitative estimate of drug-likeness (QED) is 0.573. The average Bonchev–Trinajstić information content (AvgIpc) is 2.86. The average molecular weight is 337 g/mol. The molecule has 1 N–H and O–H groups in total. The number of pyridine rings is 1. The summed E-state index contributed by atoms with van der Waals surface area (Å²) in [6.07, 6.45) is 3.97. The molecule has 0 atom stereocenters. The van der Waals surface area contributed by atoms with Gasteiger partial charge in [-0.1, -0.05) is 0 Å². The third-order valence-electron chi connectivity index (χ3n) is 4.02. The standard InChI is InChI=1S/C18H15N3O4/c22-21(23)16-4-3-15(13-6-7-19-11-14(13)16)20-12-2-5-17-18(10-12)25-9-1-8-24-17/h2-7,10-11,20H,1,8-9H2. The highest BCUT2D eigenvalue weighted by atomic mass is 16.6. The first-order chi connectivity index (χ1) is 12.2. The molecule has 0 radical (unpaired) electrons. The van der Waals surface area contributed by atoms with E-state index in [0.29, 0.717) is 24.3 Å². The Kier molecular flexibility index (Phi) is 3.81. The Bertz CT molecular complexity index is 958. The van der Waals surface area contributed by atoms with Crippen LogP contribution in [0.3, 0.4) is 0 Å². The van der Waals surface area contributed by atoms with Crippen LogP contribution >= 0.6 is 0 Å². The van der Waals surface area contributed by atoms with E-state index in [1.807, 2.05) is 18.2 Å². The molecule has 0 saturated carbocycles. The lowest BCUT2D eigenvalue weighted by Gasteiger charge is -2.13. The van der Waals surface area contributed by atoms with Gasteiger partial charge in [0.15, 0.2) is 11.5 Å². The van der Waals surface area contributed by atoms with Gasteiger partial charge < -0.3 is 14.8 Å². The molecule has 0 saturated heterocycles. The van der Waals surface area contributed by atoms with Crippen LogP contribution in [0, 0.1) is 10.1 Å². The lowest BCUT2D eigenvalue weighted by Crippen LogP contribution is -1.97. The van der Waals surface area contributed by atoms with Gasteiger partial charge in [0.2, 0.25) is 0 Å². The summed E-state index contributed by atoms with van der Waals surface area (Å²) >= 11 is 0. The molecular formula is C18H15N3O4. The summed E-state index contributed by atoms with van der Waals surface area (Å²) in [5, 5.41) is 15.7. The molecule has 1 aliphatic heterocycles. The fourth-order valence-electron chi connectivity index (χ4n) is 2.84. The maximum Gasteiger partial charge on any atom is 0.278 e. The molecule has 0 spiro atoms. The number of benzene rings is 2. The van der Waals surface area contributed by atoms with E-state index in [1.165, 1.54) is 12.3 Å². The lowest BCUT2D eigenvalue weighted by molar-refractivity contribution is -0.383. The molecule has 0 unspecified atom stereocenters. The molecule has 4 rings (SSSR count). The highest BCUT2D eigenvalue weighted by Gasteiger charge is 2.15. The van der Waals surface area contributed by atoms with Crippen LogP contribution in [0.2, 0.25) is 0 Å². The number of nitrogens with one attached hydrogen (secondary N) is 1. The van der Waals surface area contributed by atoms with E-state index in [4.69, 9.17) is 9.47 Å². The van der Waals surface area contributed by atoms with Crippen LogP contribution in [-0.2, 0) is 0 Å². The number of hydrogen-bond donors (Lipinski definition) is 1. The minimum atomic E-state index is -0.401. The second-order valence-electron chi connectivity index (χ2n) is 5.65. The minimum Gasteiger partial charge on any atom is -0.490 e. The normalized spacial score (nSPS) is 13.3. The van der Waals surface area contributed by atoms with E-state index in [1.54, 1.807) is 18.3 Å². The van der Waals surface area contributed by atoms with Crippen LogP contribution < -0.4 is 14.8 Å². The summed E-state index contributed by atoms with van der Waals surface area (Å²) in [4.78, 5) is 14.8. The fraction of sp³-hybridized carbons (Fsp3) is 0.167. The topological polar surface area (TPSA) is 86.5 Å². The van der Waals surface area contributed by atoms with Gasteiger partial charge in [0, 0.05) is 47.7 Å². The minimum absolute atomic E-state index is 0.0345. The predicted molar refractivity (Wildman–Crippen MR) is 93.7 cm³/mol. The molecule has 0 fully saturated rings. The van der Waals surface area contributed by atoms with Crippen LogP contribution in [-0.4, -0.2) is 23.1 Å². The van der Waals surface area contributed by atoms with Crippen molar-refractivity contribution >= 4 is 27.8 Å². The summed E-state index contributed by atoms with van der Waals surface area (Å²) in [6.45, 7) is 1.25. The van der Waals surface area contributed by atoms with Crippen molar-refractivity contribution in [3.8, 4) is 11.5 Å². The van der Waals surface area contributed by atoms with Gasteiger partial charge in [-0.15, -0.1) is 0 Å². The molecule has 0 aliphatic carbocycles. The van der Waals surface area contributed by atoms with Crippen LogP contribution in [0.4, 0.5) is 17.1 Å². The summed E-state index contributed by atoms with van der Waals surface area (Å²) in [6, 6.07) is 10.6. The summed E-state index contributed by atoms with van der Waals surface area (Å²) in [5.74, 6) is 1.41. The Morgan fingerprint density at radius 2 is 1.88 bits per heavy atom. The van der Waals surface area contributed by atoms with E-state index < -0.39 is 4.92 Å². The Morgan fingerprint density at radius 1 is 1.04 bits per heavy atom. The van der Waals surface area contributed by atoms with Gasteiger partial charge in [-0.05, 0) is 24.3 Å². The number of fused-ring (bicyclic) bond motifs is 2. The maximum absolute atomic E-state index is 11.2. The lowest BCUT2D eigenvalue weighted by atomic mass is 10.1. The van der Waals surface area contributed by atoms with E-state index >= 15 is 0 Å². The molecule has 0 bridgehead atoms. The molecule has 3 aromatic rings. The zero-order chi connectivity index (χ0) is 17.2. The van der Waals surface area contributed by atoms with Gasteiger partial charge in [0.05, 0.1) is 23.5 Å². The number of hydrogen-bond acceptors (Lipinski definition) is 6. The molecule has 1 aromatic heterocycles. The number of aromatic nitrogens is 1.